The molecule has 32 heavy (non-hydrogen) atoms. The third-order valence-corrected chi connectivity index (χ3v) is 7.89. The average Bonchev–Trinajstić information content (AvgIpc) is 2.78. The van der Waals surface area contributed by atoms with Gasteiger partial charge in [-0.1, -0.05) is 63.1 Å². The summed E-state index contributed by atoms with van der Waals surface area (Å²) in [5.74, 6) is -1.59. The van der Waals surface area contributed by atoms with Gasteiger partial charge in [0.25, 0.3) is 0 Å². The van der Waals surface area contributed by atoms with E-state index >= 15 is 0 Å². The van der Waals surface area contributed by atoms with Crippen molar-refractivity contribution in [3.63, 3.8) is 0 Å². The van der Waals surface area contributed by atoms with Crippen LogP contribution in [0.15, 0.2) is 65.6 Å². The number of ether oxygens (including phenoxy) is 2. The van der Waals surface area contributed by atoms with Crippen molar-refractivity contribution in [1.82, 2.24) is 0 Å². The van der Waals surface area contributed by atoms with E-state index in [9.17, 15) is 18.0 Å². The van der Waals surface area contributed by atoms with Crippen LogP contribution in [0, 0.1) is 11.8 Å². The molecule has 0 heterocycles. The number of para-hydroxylation sites is 1. The van der Waals surface area contributed by atoms with Crippen molar-refractivity contribution in [3.8, 4) is 5.75 Å². The van der Waals surface area contributed by atoms with E-state index in [1.54, 1.807) is 54.6 Å². The maximum Gasteiger partial charge on any atom is 0.315 e. The molecule has 0 aromatic heterocycles. The fourth-order valence-electron chi connectivity index (χ4n) is 3.82. The highest BCUT2D eigenvalue weighted by Crippen LogP contribution is 2.32. The number of esters is 2. The van der Waals surface area contributed by atoms with Crippen LogP contribution in [0.4, 0.5) is 0 Å². The van der Waals surface area contributed by atoms with Crippen LogP contribution >= 0.6 is 0 Å². The zero-order chi connectivity index (χ0) is 23.6. The molecule has 2 aromatic carbocycles. The predicted octanol–water partition coefficient (Wildman–Crippen LogP) is 4.83. The van der Waals surface area contributed by atoms with E-state index in [0.717, 1.165) is 0 Å². The summed E-state index contributed by atoms with van der Waals surface area (Å²) < 4.78 is 37.3. The fraction of sp³-hybridized carbons (Fsp3) is 0.440. The molecule has 0 spiro atoms. The zero-order valence-corrected chi connectivity index (χ0v) is 19.7. The van der Waals surface area contributed by atoms with Crippen LogP contribution in [-0.4, -0.2) is 32.7 Å². The molecule has 2 rings (SSSR count). The first-order valence-electron chi connectivity index (χ1n) is 10.9. The van der Waals surface area contributed by atoms with Gasteiger partial charge in [0.1, 0.15) is 5.75 Å². The smallest absolute Gasteiger partial charge is 0.315 e. The molecule has 174 valence electrons. The van der Waals surface area contributed by atoms with E-state index in [4.69, 9.17) is 4.74 Å². The molecule has 0 aliphatic carbocycles. The molecule has 0 amide bonds. The second-order valence-corrected chi connectivity index (χ2v) is 10.2. The lowest BCUT2D eigenvalue weighted by Crippen LogP contribution is -2.41. The van der Waals surface area contributed by atoms with E-state index in [2.05, 4.69) is 4.74 Å². The largest absolute Gasteiger partial charge is 0.469 e. The second kappa shape index (κ2) is 12.4. The van der Waals surface area contributed by atoms with Gasteiger partial charge in [0, 0.05) is 6.42 Å². The van der Waals surface area contributed by atoms with Crippen LogP contribution < -0.4 is 4.74 Å². The van der Waals surface area contributed by atoms with E-state index in [-0.39, 0.29) is 16.8 Å². The van der Waals surface area contributed by atoms with E-state index < -0.39 is 27.0 Å². The van der Waals surface area contributed by atoms with E-state index in [1.165, 1.54) is 7.11 Å². The Hall–Kier alpha value is -2.67. The number of sulfone groups is 1. The van der Waals surface area contributed by atoms with Gasteiger partial charge in [-0.2, -0.15) is 0 Å². The third kappa shape index (κ3) is 7.19. The molecule has 7 heteroatoms. The van der Waals surface area contributed by atoms with Crippen LogP contribution in [0.5, 0.6) is 5.75 Å². The normalized spacial score (nSPS) is 13.4. The van der Waals surface area contributed by atoms with Crippen LogP contribution in [0.2, 0.25) is 0 Å². The summed E-state index contributed by atoms with van der Waals surface area (Å²) in [6.45, 7) is 3.62. The van der Waals surface area contributed by atoms with Gasteiger partial charge in [0.2, 0.25) is 0 Å². The first kappa shape index (κ1) is 25.6. The van der Waals surface area contributed by atoms with E-state index in [1.807, 2.05) is 19.9 Å². The SMILES string of the molecule is COC(=O)CCCCC[C@H](C(=O)Oc1ccccc1)[C@@H](C(C)C)S(=O)(=O)c1ccccc1. The molecule has 0 radical (unpaired) electrons. The number of benzene rings is 2. The Morgan fingerprint density at radius 3 is 2.03 bits per heavy atom. The summed E-state index contributed by atoms with van der Waals surface area (Å²) in [5, 5.41) is -0.929. The van der Waals surface area contributed by atoms with Crippen molar-refractivity contribution >= 4 is 21.8 Å². The topological polar surface area (TPSA) is 86.7 Å². The maximum atomic E-state index is 13.5. The lowest BCUT2D eigenvalue weighted by Gasteiger charge is -2.28. The number of hydrogen-bond acceptors (Lipinski definition) is 6. The highest BCUT2D eigenvalue weighted by molar-refractivity contribution is 7.92. The second-order valence-electron chi connectivity index (χ2n) is 8.08. The minimum atomic E-state index is -3.77. The molecule has 0 saturated heterocycles. The Labute approximate surface area is 190 Å². The Balaban J connectivity index is 2.26. The van der Waals surface area contributed by atoms with Crippen molar-refractivity contribution in [2.45, 2.75) is 56.1 Å². The molecular weight excluding hydrogens is 428 g/mol. The predicted molar refractivity (Wildman–Crippen MR) is 123 cm³/mol. The molecule has 2 aromatic rings. The molecule has 0 unspecified atom stereocenters. The van der Waals surface area contributed by atoms with Crippen LogP contribution in [0.25, 0.3) is 0 Å². The Kier molecular flexibility index (Phi) is 9.91. The van der Waals surface area contributed by atoms with Gasteiger partial charge in [0.05, 0.1) is 23.2 Å². The van der Waals surface area contributed by atoms with Gasteiger partial charge in [-0.25, -0.2) is 8.42 Å². The number of carbonyl (C=O) groups excluding carboxylic acids is 2. The summed E-state index contributed by atoms with van der Waals surface area (Å²) >= 11 is 0. The van der Waals surface area contributed by atoms with Gasteiger partial charge in [-0.15, -0.1) is 0 Å². The molecule has 6 nitrogen and oxygen atoms in total. The summed E-state index contributed by atoms with van der Waals surface area (Å²) in [5.41, 5.74) is 0. The molecule has 0 aliphatic rings. The molecule has 0 saturated carbocycles. The van der Waals surface area contributed by atoms with Crippen LogP contribution in [-0.2, 0) is 24.2 Å². The summed E-state index contributed by atoms with van der Waals surface area (Å²) in [7, 11) is -2.43. The molecule has 0 fully saturated rings. The monoisotopic (exact) mass is 460 g/mol. The molecule has 0 aliphatic heterocycles. The zero-order valence-electron chi connectivity index (χ0n) is 18.9. The van der Waals surface area contributed by atoms with Gasteiger partial charge in [-0.05, 0) is 43.0 Å². The van der Waals surface area contributed by atoms with Gasteiger partial charge in [-0.3, -0.25) is 9.59 Å². The quantitative estimate of drug-likeness (QED) is 0.256. The Bertz CT molecular complexity index is 954. The van der Waals surface area contributed by atoms with Crippen molar-refractivity contribution in [2.24, 2.45) is 11.8 Å². The lowest BCUT2D eigenvalue weighted by atomic mass is 9.91. The summed E-state index contributed by atoms with van der Waals surface area (Å²) in [6.07, 6.45) is 2.54. The highest BCUT2D eigenvalue weighted by atomic mass is 32.2. The number of hydrogen-bond donors (Lipinski definition) is 0. The van der Waals surface area contributed by atoms with Crippen molar-refractivity contribution in [1.29, 1.82) is 0 Å². The third-order valence-electron chi connectivity index (χ3n) is 5.37. The molecule has 0 bridgehead atoms. The van der Waals surface area contributed by atoms with Crippen molar-refractivity contribution in [3.05, 3.63) is 60.7 Å². The first-order chi connectivity index (χ1) is 15.3. The van der Waals surface area contributed by atoms with E-state index in [0.29, 0.717) is 37.9 Å². The van der Waals surface area contributed by atoms with Gasteiger partial charge in [0.15, 0.2) is 9.84 Å². The number of methoxy groups -OCH3 is 1. The molecular formula is C25H32O6S. The van der Waals surface area contributed by atoms with Gasteiger partial charge >= 0.3 is 11.9 Å². The Morgan fingerprint density at radius 1 is 0.875 bits per heavy atom. The maximum absolute atomic E-state index is 13.5. The molecule has 2 atom stereocenters. The van der Waals surface area contributed by atoms with Gasteiger partial charge < -0.3 is 9.47 Å². The number of unbranched alkanes of at least 4 members (excludes halogenated alkanes) is 2. The van der Waals surface area contributed by atoms with Crippen molar-refractivity contribution < 1.29 is 27.5 Å². The minimum Gasteiger partial charge on any atom is -0.469 e. The molecule has 0 N–H and O–H groups in total. The Morgan fingerprint density at radius 2 is 1.47 bits per heavy atom. The van der Waals surface area contributed by atoms with Crippen LogP contribution in [0.1, 0.15) is 46.0 Å². The highest BCUT2D eigenvalue weighted by Gasteiger charge is 2.41. The number of rotatable bonds is 12. The minimum absolute atomic E-state index is 0.196. The van der Waals surface area contributed by atoms with Crippen molar-refractivity contribution in [2.75, 3.05) is 7.11 Å². The first-order valence-corrected chi connectivity index (χ1v) is 12.4. The summed E-state index contributed by atoms with van der Waals surface area (Å²) in [6, 6.07) is 16.9. The van der Waals surface area contributed by atoms with Crippen LogP contribution in [0.3, 0.4) is 0 Å². The fourth-order valence-corrected chi connectivity index (χ4v) is 6.06. The summed E-state index contributed by atoms with van der Waals surface area (Å²) in [4.78, 5) is 24.7. The lowest BCUT2D eigenvalue weighted by molar-refractivity contribution is -0.141. The average molecular weight is 461 g/mol. The number of carbonyl (C=O) groups is 2. The standard InChI is InChI=1S/C25H32O6S/c1-19(2)24(32(28,29)21-15-9-5-10-16-21)22(17-11-6-12-18-23(26)30-3)25(27)31-20-13-7-4-8-14-20/h4-5,7-10,13-16,19,22,24H,6,11-12,17-18H2,1-3H3/t22-,24+/m0/s1.